The summed E-state index contributed by atoms with van der Waals surface area (Å²) in [5.74, 6) is 0.568. The van der Waals surface area contributed by atoms with Gasteiger partial charge in [-0.1, -0.05) is 29.4 Å². The van der Waals surface area contributed by atoms with Crippen LogP contribution in [-0.4, -0.2) is 28.7 Å². The van der Waals surface area contributed by atoms with E-state index in [-0.39, 0.29) is 19.6 Å². The summed E-state index contributed by atoms with van der Waals surface area (Å²) in [6.45, 7) is 2.31. The number of rotatable bonds is 8. The molecular formula is C24H22F3N3O3. The highest BCUT2D eigenvalue weighted by atomic mass is 19.4. The smallest absolute Gasteiger partial charge is 0.406 e. The van der Waals surface area contributed by atoms with Crippen LogP contribution in [0.1, 0.15) is 33.7 Å². The van der Waals surface area contributed by atoms with E-state index in [1.54, 1.807) is 43.3 Å². The molecule has 9 heteroatoms. The van der Waals surface area contributed by atoms with E-state index in [0.717, 1.165) is 16.2 Å². The number of aryl methyl sites for hydroxylation is 2. The SMILES string of the molecule is Cc1noc(C)c1COc1ccc(CC(=O)N(Cc2ccc(C#N)cc2)CC(F)(F)F)cc1. The highest BCUT2D eigenvalue weighted by Gasteiger charge is 2.33. The van der Waals surface area contributed by atoms with Crippen LogP contribution in [0.5, 0.6) is 5.75 Å². The standard InChI is InChI=1S/C24H22F3N3O3/c1-16-22(17(2)33-29-16)14-32-21-9-7-18(8-10-21)11-23(31)30(15-24(25,26)27)13-20-5-3-19(12-28)4-6-20/h3-10H,11,13-15H2,1-2H3. The number of nitrogens with zero attached hydrogens (tertiary/aromatic N) is 3. The quantitative estimate of drug-likeness (QED) is 0.482. The van der Waals surface area contributed by atoms with Gasteiger partial charge in [0.1, 0.15) is 24.7 Å². The summed E-state index contributed by atoms with van der Waals surface area (Å²) in [5.41, 5.74) is 3.05. The average Bonchev–Trinajstić information content (AvgIpc) is 3.09. The van der Waals surface area contributed by atoms with Gasteiger partial charge in [-0.25, -0.2) is 0 Å². The largest absolute Gasteiger partial charge is 0.489 e. The molecule has 0 radical (unpaired) electrons. The highest BCUT2D eigenvalue weighted by Crippen LogP contribution is 2.21. The summed E-state index contributed by atoms with van der Waals surface area (Å²) in [4.78, 5) is 13.5. The summed E-state index contributed by atoms with van der Waals surface area (Å²) in [6, 6.07) is 14.7. The van der Waals surface area contributed by atoms with Crippen molar-refractivity contribution < 1.29 is 27.2 Å². The molecule has 3 aromatic rings. The number of amides is 1. The van der Waals surface area contributed by atoms with Gasteiger partial charge >= 0.3 is 6.18 Å². The van der Waals surface area contributed by atoms with E-state index >= 15 is 0 Å². The summed E-state index contributed by atoms with van der Waals surface area (Å²) >= 11 is 0. The van der Waals surface area contributed by atoms with Gasteiger partial charge in [-0.05, 0) is 49.2 Å². The molecule has 1 heterocycles. The van der Waals surface area contributed by atoms with Gasteiger partial charge in [0.25, 0.3) is 0 Å². The van der Waals surface area contributed by atoms with Gasteiger partial charge in [-0.3, -0.25) is 4.79 Å². The molecule has 0 aliphatic heterocycles. The first kappa shape index (κ1) is 23.9. The molecule has 0 saturated carbocycles. The molecule has 0 spiro atoms. The number of nitriles is 1. The van der Waals surface area contributed by atoms with Crippen molar-refractivity contribution in [3.8, 4) is 11.8 Å². The maximum Gasteiger partial charge on any atom is 0.406 e. The molecule has 2 aromatic carbocycles. The van der Waals surface area contributed by atoms with Crippen LogP contribution in [0.15, 0.2) is 53.1 Å². The zero-order valence-corrected chi connectivity index (χ0v) is 18.1. The zero-order valence-electron chi connectivity index (χ0n) is 18.1. The Morgan fingerprint density at radius 2 is 1.73 bits per heavy atom. The van der Waals surface area contributed by atoms with Gasteiger partial charge in [0.15, 0.2) is 0 Å². The van der Waals surface area contributed by atoms with Crippen molar-refractivity contribution in [2.75, 3.05) is 6.54 Å². The first-order chi connectivity index (χ1) is 15.6. The highest BCUT2D eigenvalue weighted by molar-refractivity contribution is 5.79. The van der Waals surface area contributed by atoms with Crippen LogP contribution in [0.3, 0.4) is 0 Å². The molecule has 6 nitrogen and oxygen atoms in total. The molecule has 0 aliphatic rings. The lowest BCUT2D eigenvalue weighted by molar-refractivity contribution is -0.162. The maximum atomic E-state index is 13.1. The van der Waals surface area contributed by atoms with Crippen molar-refractivity contribution in [1.29, 1.82) is 5.26 Å². The van der Waals surface area contributed by atoms with Crippen LogP contribution in [0.4, 0.5) is 13.2 Å². The van der Waals surface area contributed by atoms with Crippen molar-refractivity contribution >= 4 is 5.91 Å². The van der Waals surface area contributed by atoms with Gasteiger partial charge in [0.05, 0.1) is 29.3 Å². The lowest BCUT2D eigenvalue weighted by atomic mass is 10.1. The number of ether oxygens (including phenoxy) is 1. The molecular weight excluding hydrogens is 435 g/mol. The van der Waals surface area contributed by atoms with Gasteiger partial charge in [-0.2, -0.15) is 18.4 Å². The summed E-state index contributed by atoms with van der Waals surface area (Å²) in [5, 5.41) is 12.7. The molecule has 0 fully saturated rings. The number of halogens is 3. The van der Waals surface area contributed by atoms with Crippen molar-refractivity contribution in [3.63, 3.8) is 0 Å². The van der Waals surface area contributed by atoms with Crippen LogP contribution in [0.2, 0.25) is 0 Å². The third-order valence-corrected chi connectivity index (χ3v) is 5.02. The Morgan fingerprint density at radius 3 is 2.27 bits per heavy atom. The Bertz CT molecular complexity index is 1110. The van der Waals surface area contributed by atoms with Gasteiger partial charge in [0, 0.05) is 6.54 Å². The molecule has 0 bridgehead atoms. The molecule has 33 heavy (non-hydrogen) atoms. The van der Waals surface area contributed by atoms with Gasteiger partial charge < -0.3 is 14.2 Å². The predicted octanol–water partition coefficient (Wildman–Crippen LogP) is 4.88. The molecule has 0 N–H and O–H groups in total. The molecule has 1 aromatic heterocycles. The fraction of sp³-hybridized carbons (Fsp3) is 0.292. The van der Waals surface area contributed by atoms with E-state index in [0.29, 0.717) is 28.2 Å². The van der Waals surface area contributed by atoms with E-state index < -0.39 is 18.6 Å². The van der Waals surface area contributed by atoms with Crippen LogP contribution >= 0.6 is 0 Å². The molecule has 172 valence electrons. The second-order valence-corrected chi connectivity index (χ2v) is 7.59. The normalized spacial score (nSPS) is 11.2. The fourth-order valence-electron chi connectivity index (χ4n) is 3.21. The van der Waals surface area contributed by atoms with Crippen molar-refractivity contribution in [3.05, 3.63) is 82.2 Å². The Hall–Kier alpha value is -3.80. The van der Waals surface area contributed by atoms with Crippen molar-refractivity contribution in [2.24, 2.45) is 0 Å². The monoisotopic (exact) mass is 457 g/mol. The average molecular weight is 457 g/mol. The van der Waals surface area contributed by atoms with Crippen molar-refractivity contribution in [2.45, 2.75) is 39.6 Å². The number of aromatic nitrogens is 1. The van der Waals surface area contributed by atoms with Gasteiger partial charge in [-0.15, -0.1) is 0 Å². The first-order valence-corrected chi connectivity index (χ1v) is 10.1. The van der Waals surface area contributed by atoms with Crippen LogP contribution in [0.25, 0.3) is 0 Å². The minimum atomic E-state index is -4.53. The predicted molar refractivity (Wildman–Crippen MR) is 113 cm³/mol. The second kappa shape index (κ2) is 10.2. The van der Waals surface area contributed by atoms with E-state index in [9.17, 15) is 18.0 Å². The number of hydrogen-bond donors (Lipinski definition) is 0. The summed E-state index contributed by atoms with van der Waals surface area (Å²) in [6.07, 6.45) is -4.71. The molecule has 1 amide bonds. The van der Waals surface area contributed by atoms with Crippen LogP contribution in [-0.2, 0) is 24.4 Å². The first-order valence-electron chi connectivity index (χ1n) is 10.1. The summed E-state index contributed by atoms with van der Waals surface area (Å²) < 4.78 is 50.0. The zero-order chi connectivity index (χ0) is 24.0. The molecule has 0 atom stereocenters. The number of alkyl halides is 3. The Kier molecular flexibility index (Phi) is 7.38. The number of benzene rings is 2. The maximum absolute atomic E-state index is 13.1. The number of hydrogen-bond acceptors (Lipinski definition) is 5. The molecule has 3 rings (SSSR count). The number of carbonyl (C=O) groups excluding carboxylic acids is 1. The fourth-order valence-corrected chi connectivity index (χ4v) is 3.21. The minimum Gasteiger partial charge on any atom is -0.489 e. The number of carbonyl (C=O) groups is 1. The Morgan fingerprint density at radius 1 is 1.09 bits per heavy atom. The lowest BCUT2D eigenvalue weighted by Crippen LogP contribution is -2.39. The van der Waals surface area contributed by atoms with E-state index in [2.05, 4.69) is 5.16 Å². The van der Waals surface area contributed by atoms with Crippen molar-refractivity contribution in [1.82, 2.24) is 10.1 Å². The lowest BCUT2D eigenvalue weighted by Gasteiger charge is -2.24. The van der Waals surface area contributed by atoms with Crippen LogP contribution in [0, 0.1) is 25.2 Å². The molecule has 0 saturated heterocycles. The third-order valence-electron chi connectivity index (χ3n) is 5.02. The summed E-state index contributed by atoms with van der Waals surface area (Å²) in [7, 11) is 0. The van der Waals surface area contributed by atoms with Crippen LogP contribution < -0.4 is 4.74 Å². The third kappa shape index (κ3) is 6.84. The van der Waals surface area contributed by atoms with E-state index in [4.69, 9.17) is 14.5 Å². The Balaban J connectivity index is 1.64. The van der Waals surface area contributed by atoms with E-state index in [1.807, 2.05) is 13.0 Å². The Labute approximate surface area is 189 Å². The topological polar surface area (TPSA) is 79.4 Å². The van der Waals surface area contributed by atoms with E-state index in [1.165, 1.54) is 12.1 Å². The molecule has 0 unspecified atom stereocenters. The van der Waals surface area contributed by atoms with Gasteiger partial charge in [0.2, 0.25) is 5.91 Å². The minimum absolute atomic E-state index is 0.184. The molecule has 0 aliphatic carbocycles. The second-order valence-electron chi connectivity index (χ2n) is 7.59.